The Bertz CT molecular complexity index is 774. The molecule has 23 heavy (non-hydrogen) atoms. The van der Waals surface area contributed by atoms with Gasteiger partial charge in [0.05, 0.1) is 12.2 Å². The zero-order chi connectivity index (χ0) is 16.1. The zero-order valence-corrected chi connectivity index (χ0v) is 13.9. The van der Waals surface area contributed by atoms with Gasteiger partial charge in [-0.25, -0.2) is 4.98 Å². The van der Waals surface area contributed by atoms with Crippen LogP contribution >= 0.6 is 22.9 Å². The molecule has 0 unspecified atom stereocenters. The van der Waals surface area contributed by atoms with Gasteiger partial charge in [0.1, 0.15) is 5.88 Å². The van der Waals surface area contributed by atoms with Crippen LogP contribution in [-0.2, 0) is 11.3 Å². The van der Waals surface area contributed by atoms with Crippen molar-refractivity contribution < 1.29 is 4.79 Å². The SMILES string of the molecule is O=C(CCl)N(Cc1ccccc1)c1nc(-c2ccccc2)cs1. The number of thiazole rings is 1. The molecule has 0 saturated heterocycles. The lowest BCUT2D eigenvalue weighted by atomic mass is 10.2. The van der Waals surface area contributed by atoms with Gasteiger partial charge < -0.3 is 0 Å². The number of hydrogen-bond acceptors (Lipinski definition) is 3. The third-order valence-corrected chi connectivity index (χ3v) is 4.48. The lowest BCUT2D eigenvalue weighted by Gasteiger charge is -2.18. The Morgan fingerprint density at radius 1 is 1.04 bits per heavy atom. The van der Waals surface area contributed by atoms with E-state index in [1.165, 1.54) is 11.3 Å². The van der Waals surface area contributed by atoms with Crippen molar-refractivity contribution >= 4 is 34.0 Å². The first-order valence-corrected chi connectivity index (χ1v) is 8.60. The topological polar surface area (TPSA) is 33.2 Å². The number of anilines is 1. The zero-order valence-electron chi connectivity index (χ0n) is 12.4. The number of aromatic nitrogens is 1. The summed E-state index contributed by atoms with van der Waals surface area (Å²) in [7, 11) is 0. The third kappa shape index (κ3) is 3.78. The molecule has 0 atom stereocenters. The lowest BCUT2D eigenvalue weighted by molar-refractivity contribution is -0.116. The van der Waals surface area contributed by atoms with Crippen LogP contribution in [0, 0.1) is 0 Å². The van der Waals surface area contributed by atoms with Gasteiger partial charge in [-0.1, -0.05) is 60.7 Å². The second kappa shape index (κ2) is 7.40. The van der Waals surface area contributed by atoms with E-state index in [-0.39, 0.29) is 11.8 Å². The summed E-state index contributed by atoms with van der Waals surface area (Å²) < 4.78 is 0. The Morgan fingerprint density at radius 2 is 1.70 bits per heavy atom. The number of carbonyl (C=O) groups is 1. The minimum absolute atomic E-state index is 0.0624. The molecule has 0 fully saturated rings. The largest absolute Gasteiger partial charge is 0.283 e. The second-order valence-corrected chi connectivity index (χ2v) is 6.08. The fourth-order valence-corrected chi connectivity index (χ4v) is 3.23. The van der Waals surface area contributed by atoms with Crippen molar-refractivity contribution in [3.05, 3.63) is 71.6 Å². The first-order valence-electron chi connectivity index (χ1n) is 7.19. The van der Waals surface area contributed by atoms with E-state index >= 15 is 0 Å². The normalized spacial score (nSPS) is 10.5. The van der Waals surface area contributed by atoms with Crippen molar-refractivity contribution in [1.29, 1.82) is 0 Å². The van der Waals surface area contributed by atoms with Crippen molar-refractivity contribution in [2.24, 2.45) is 0 Å². The van der Waals surface area contributed by atoms with Crippen LogP contribution in [-0.4, -0.2) is 16.8 Å². The molecule has 3 rings (SSSR count). The third-order valence-electron chi connectivity index (χ3n) is 3.39. The molecule has 0 aliphatic heterocycles. The molecule has 1 heterocycles. The highest BCUT2D eigenvalue weighted by Crippen LogP contribution is 2.28. The number of carbonyl (C=O) groups excluding carboxylic acids is 1. The predicted molar refractivity (Wildman–Crippen MR) is 95.9 cm³/mol. The van der Waals surface area contributed by atoms with Crippen LogP contribution in [0.15, 0.2) is 66.0 Å². The van der Waals surface area contributed by atoms with Gasteiger partial charge in [0.15, 0.2) is 5.13 Å². The molecule has 1 amide bonds. The summed E-state index contributed by atoms with van der Waals surface area (Å²) in [5.74, 6) is -0.211. The van der Waals surface area contributed by atoms with Gasteiger partial charge >= 0.3 is 0 Å². The number of benzene rings is 2. The standard InChI is InChI=1S/C18H15ClN2OS/c19-11-17(22)21(12-14-7-3-1-4-8-14)18-20-16(13-23-18)15-9-5-2-6-10-15/h1-10,13H,11-12H2. The van der Waals surface area contributed by atoms with Crippen LogP contribution in [0.4, 0.5) is 5.13 Å². The molecule has 3 aromatic rings. The van der Waals surface area contributed by atoms with Crippen molar-refractivity contribution in [2.45, 2.75) is 6.54 Å². The van der Waals surface area contributed by atoms with Crippen molar-refractivity contribution in [3.8, 4) is 11.3 Å². The quantitative estimate of drug-likeness (QED) is 0.636. The molecular formula is C18H15ClN2OS. The van der Waals surface area contributed by atoms with E-state index in [0.29, 0.717) is 11.7 Å². The van der Waals surface area contributed by atoms with Crippen molar-refractivity contribution in [2.75, 3.05) is 10.8 Å². The van der Waals surface area contributed by atoms with Gasteiger partial charge in [0, 0.05) is 10.9 Å². The smallest absolute Gasteiger partial charge is 0.244 e. The fraction of sp³-hybridized carbons (Fsp3) is 0.111. The summed E-state index contributed by atoms with van der Waals surface area (Å²) in [6.07, 6.45) is 0. The van der Waals surface area contributed by atoms with E-state index in [1.807, 2.05) is 66.0 Å². The molecule has 1 aromatic heterocycles. The number of halogens is 1. The van der Waals surface area contributed by atoms with Crippen LogP contribution in [0.3, 0.4) is 0 Å². The van der Waals surface area contributed by atoms with Crippen molar-refractivity contribution in [1.82, 2.24) is 4.98 Å². The monoisotopic (exact) mass is 342 g/mol. The Labute approximate surface area is 144 Å². The molecule has 0 saturated carbocycles. The molecule has 0 spiro atoms. The number of hydrogen-bond donors (Lipinski definition) is 0. The maximum atomic E-state index is 12.2. The highest BCUT2D eigenvalue weighted by Gasteiger charge is 2.19. The van der Waals surface area contributed by atoms with Crippen LogP contribution in [0.5, 0.6) is 0 Å². The Balaban J connectivity index is 1.89. The van der Waals surface area contributed by atoms with E-state index in [9.17, 15) is 4.79 Å². The van der Waals surface area contributed by atoms with Gasteiger partial charge in [-0.3, -0.25) is 9.69 Å². The van der Waals surface area contributed by atoms with E-state index in [4.69, 9.17) is 11.6 Å². The van der Waals surface area contributed by atoms with Gasteiger partial charge in [0.25, 0.3) is 0 Å². The van der Waals surface area contributed by atoms with Gasteiger partial charge in [-0.2, -0.15) is 0 Å². The Morgan fingerprint density at radius 3 is 2.35 bits per heavy atom. The summed E-state index contributed by atoms with van der Waals surface area (Å²) in [6, 6.07) is 19.8. The Kier molecular flexibility index (Phi) is 5.05. The molecule has 116 valence electrons. The van der Waals surface area contributed by atoms with Gasteiger partial charge in [-0.15, -0.1) is 22.9 Å². The lowest BCUT2D eigenvalue weighted by Crippen LogP contribution is -2.31. The fourth-order valence-electron chi connectivity index (χ4n) is 2.23. The van der Waals surface area contributed by atoms with E-state index in [0.717, 1.165) is 16.8 Å². The van der Waals surface area contributed by atoms with Crippen LogP contribution in [0.25, 0.3) is 11.3 Å². The molecule has 0 aliphatic rings. The molecular weight excluding hydrogens is 328 g/mol. The van der Waals surface area contributed by atoms with Crippen molar-refractivity contribution in [3.63, 3.8) is 0 Å². The maximum Gasteiger partial charge on any atom is 0.244 e. The number of alkyl halides is 1. The molecule has 5 heteroatoms. The molecule has 0 radical (unpaired) electrons. The molecule has 0 N–H and O–H groups in total. The van der Waals surface area contributed by atoms with E-state index < -0.39 is 0 Å². The minimum Gasteiger partial charge on any atom is -0.283 e. The van der Waals surface area contributed by atoms with Crippen LogP contribution in [0.1, 0.15) is 5.56 Å². The summed E-state index contributed by atoms with van der Waals surface area (Å²) in [6.45, 7) is 0.466. The first-order chi connectivity index (χ1) is 11.3. The first kappa shape index (κ1) is 15.7. The number of amides is 1. The molecule has 0 aliphatic carbocycles. The minimum atomic E-state index is -0.149. The number of rotatable bonds is 5. The highest BCUT2D eigenvalue weighted by atomic mass is 35.5. The molecule has 3 nitrogen and oxygen atoms in total. The summed E-state index contributed by atoms with van der Waals surface area (Å²) in [4.78, 5) is 18.5. The van der Waals surface area contributed by atoms with Gasteiger partial charge in [-0.05, 0) is 5.56 Å². The predicted octanol–water partition coefficient (Wildman–Crippen LogP) is 4.58. The van der Waals surface area contributed by atoms with Gasteiger partial charge in [0.2, 0.25) is 5.91 Å². The van der Waals surface area contributed by atoms with Crippen LogP contribution in [0.2, 0.25) is 0 Å². The average Bonchev–Trinajstić information content (AvgIpc) is 3.10. The molecule has 0 bridgehead atoms. The average molecular weight is 343 g/mol. The molecule has 2 aromatic carbocycles. The number of nitrogens with zero attached hydrogens (tertiary/aromatic N) is 2. The highest BCUT2D eigenvalue weighted by molar-refractivity contribution is 7.14. The maximum absolute atomic E-state index is 12.2. The summed E-state index contributed by atoms with van der Waals surface area (Å²) in [5.41, 5.74) is 2.95. The van der Waals surface area contributed by atoms with Crippen LogP contribution < -0.4 is 4.90 Å². The Hall–Kier alpha value is -2.17. The second-order valence-electron chi connectivity index (χ2n) is 4.98. The summed E-state index contributed by atoms with van der Waals surface area (Å²) >= 11 is 7.22. The van der Waals surface area contributed by atoms with E-state index in [2.05, 4.69) is 4.98 Å². The van der Waals surface area contributed by atoms with E-state index in [1.54, 1.807) is 4.90 Å². The summed E-state index contributed by atoms with van der Waals surface area (Å²) in [5, 5.41) is 2.63.